The number of hydrogen-bond donors (Lipinski definition) is 1. The molecule has 25 heavy (non-hydrogen) atoms. The minimum Gasteiger partial charge on any atom is -0.326 e. The first-order valence-electron chi connectivity index (χ1n) is 8.01. The van der Waals surface area contributed by atoms with E-state index in [0.717, 1.165) is 18.6 Å². The quantitative estimate of drug-likeness (QED) is 0.916. The van der Waals surface area contributed by atoms with Crippen molar-refractivity contribution in [3.63, 3.8) is 0 Å². The van der Waals surface area contributed by atoms with E-state index in [2.05, 4.69) is 5.32 Å². The Kier molecular flexibility index (Phi) is 4.53. The van der Waals surface area contributed by atoms with Gasteiger partial charge in [0.15, 0.2) is 11.6 Å². The Labute approximate surface area is 144 Å². The fraction of sp³-hybridized carbons (Fsp3) is 0.263. The van der Waals surface area contributed by atoms with Crippen LogP contribution in [0.2, 0.25) is 0 Å². The first-order chi connectivity index (χ1) is 11.9. The van der Waals surface area contributed by atoms with Crippen LogP contribution in [-0.2, 0) is 4.79 Å². The number of carbonyl (C=O) groups is 2. The van der Waals surface area contributed by atoms with E-state index in [9.17, 15) is 18.4 Å². The van der Waals surface area contributed by atoms with Gasteiger partial charge in [-0.05, 0) is 42.7 Å². The van der Waals surface area contributed by atoms with Crippen LogP contribution >= 0.6 is 0 Å². The maximum Gasteiger partial charge on any atom is 0.258 e. The van der Waals surface area contributed by atoms with Gasteiger partial charge >= 0.3 is 0 Å². The second-order valence-corrected chi connectivity index (χ2v) is 6.35. The molecular weight excluding hydrogens is 326 g/mol. The van der Waals surface area contributed by atoms with Gasteiger partial charge in [0.1, 0.15) is 0 Å². The van der Waals surface area contributed by atoms with E-state index in [0.29, 0.717) is 17.2 Å². The van der Waals surface area contributed by atoms with Gasteiger partial charge < -0.3 is 10.2 Å². The van der Waals surface area contributed by atoms with Crippen LogP contribution in [0.25, 0.3) is 0 Å². The minimum atomic E-state index is -1.02. The topological polar surface area (TPSA) is 49.4 Å². The fourth-order valence-electron chi connectivity index (χ4n) is 2.66. The van der Waals surface area contributed by atoms with E-state index < -0.39 is 11.6 Å². The molecule has 0 unspecified atom stereocenters. The van der Waals surface area contributed by atoms with Crippen molar-refractivity contribution < 1.29 is 18.4 Å². The number of hydrogen-bond acceptors (Lipinski definition) is 2. The molecule has 0 aromatic heterocycles. The van der Waals surface area contributed by atoms with Crippen LogP contribution in [0, 0.1) is 23.5 Å². The summed E-state index contributed by atoms with van der Waals surface area (Å²) in [6.45, 7) is 2.01. The lowest BCUT2D eigenvalue weighted by molar-refractivity contribution is -0.117. The van der Waals surface area contributed by atoms with Gasteiger partial charge in [0, 0.05) is 36.0 Å². The monoisotopic (exact) mass is 344 g/mol. The number of benzene rings is 2. The summed E-state index contributed by atoms with van der Waals surface area (Å²) in [5.41, 5.74) is 1.12. The molecule has 6 heteroatoms. The zero-order valence-electron chi connectivity index (χ0n) is 13.9. The molecule has 1 fully saturated rings. The average molecular weight is 344 g/mol. The Morgan fingerprint density at radius 1 is 1.12 bits per heavy atom. The van der Waals surface area contributed by atoms with Crippen LogP contribution in [0.4, 0.5) is 20.2 Å². The van der Waals surface area contributed by atoms with E-state index in [4.69, 9.17) is 0 Å². The van der Waals surface area contributed by atoms with Crippen molar-refractivity contribution >= 4 is 23.2 Å². The molecule has 0 radical (unpaired) electrons. The third-order valence-corrected chi connectivity index (χ3v) is 4.42. The summed E-state index contributed by atoms with van der Waals surface area (Å²) in [7, 11) is 1.48. The molecule has 1 aliphatic carbocycles. The highest BCUT2D eigenvalue weighted by Gasteiger charge is 2.39. The summed E-state index contributed by atoms with van der Waals surface area (Å²) >= 11 is 0. The van der Waals surface area contributed by atoms with Crippen LogP contribution in [0.5, 0.6) is 0 Å². The first kappa shape index (κ1) is 17.1. The molecule has 130 valence electrons. The third-order valence-electron chi connectivity index (χ3n) is 4.42. The summed E-state index contributed by atoms with van der Waals surface area (Å²) in [5, 5.41) is 2.81. The van der Waals surface area contributed by atoms with Gasteiger partial charge in [-0.3, -0.25) is 9.59 Å². The van der Waals surface area contributed by atoms with Crippen molar-refractivity contribution in [3.8, 4) is 0 Å². The van der Waals surface area contributed by atoms with Crippen LogP contribution in [-0.4, -0.2) is 18.9 Å². The van der Waals surface area contributed by atoms with Crippen LogP contribution in [0.3, 0.4) is 0 Å². The van der Waals surface area contributed by atoms with E-state index in [-0.39, 0.29) is 23.4 Å². The predicted octanol–water partition coefficient (Wildman–Crippen LogP) is 3.84. The van der Waals surface area contributed by atoms with Crippen molar-refractivity contribution in [2.45, 2.75) is 13.3 Å². The van der Waals surface area contributed by atoms with Gasteiger partial charge in [0.2, 0.25) is 5.91 Å². The van der Waals surface area contributed by atoms with Crippen LogP contribution in [0.15, 0.2) is 42.5 Å². The molecule has 0 bridgehead atoms. The number of nitrogens with one attached hydrogen (secondary N) is 1. The van der Waals surface area contributed by atoms with Gasteiger partial charge in [0.25, 0.3) is 5.91 Å². The van der Waals surface area contributed by atoms with Crippen molar-refractivity contribution in [1.29, 1.82) is 0 Å². The third kappa shape index (κ3) is 3.68. The molecule has 0 aliphatic heterocycles. The second-order valence-electron chi connectivity index (χ2n) is 6.35. The zero-order chi connectivity index (χ0) is 18.1. The lowest BCUT2D eigenvalue weighted by Gasteiger charge is -2.18. The highest BCUT2D eigenvalue weighted by Crippen LogP contribution is 2.38. The Hall–Kier alpha value is -2.76. The Morgan fingerprint density at radius 3 is 2.48 bits per heavy atom. The summed E-state index contributed by atoms with van der Waals surface area (Å²) in [6.07, 6.45) is 0.878. The molecule has 1 saturated carbocycles. The molecule has 1 N–H and O–H groups in total. The highest BCUT2D eigenvalue weighted by molar-refractivity contribution is 6.06. The maximum absolute atomic E-state index is 13.4. The summed E-state index contributed by atoms with van der Waals surface area (Å²) in [6, 6.07) is 9.82. The Balaban J connectivity index is 1.76. The van der Waals surface area contributed by atoms with E-state index in [1.165, 1.54) is 18.0 Å². The van der Waals surface area contributed by atoms with E-state index >= 15 is 0 Å². The number of nitrogens with zero attached hydrogens (tertiary/aromatic N) is 1. The van der Waals surface area contributed by atoms with E-state index in [1.807, 2.05) is 6.92 Å². The number of carbonyl (C=O) groups excluding carboxylic acids is 2. The summed E-state index contributed by atoms with van der Waals surface area (Å²) < 4.78 is 26.4. The molecule has 3 rings (SSSR count). The van der Waals surface area contributed by atoms with Gasteiger partial charge in [0.05, 0.1) is 0 Å². The highest BCUT2D eigenvalue weighted by atomic mass is 19.2. The number of anilines is 2. The smallest absolute Gasteiger partial charge is 0.258 e. The predicted molar refractivity (Wildman–Crippen MR) is 91.4 cm³/mol. The lowest BCUT2D eigenvalue weighted by Crippen LogP contribution is -2.26. The first-order valence-corrected chi connectivity index (χ1v) is 8.01. The largest absolute Gasteiger partial charge is 0.326 e. The van der Waals surface area contributed by atoms with Gasteiger partial charge in [-0.25, -0.2) is 8.78 Å². The van der Waals surface area contributed by atoms with Gasteiger partial charge in [-0.1, -0.05) is 13.0 Å². The second kappa shape index (κ2) is 6.63. The van der Waals surface area contributed by atoms with Crippen LogP contribution in [0.1, 0.15) is 23.7 Å². The molecular formula is C19H18F2N2O2. The number of halogens is 2. The van der Waals surface area contributed by atoms with Crippen LogP contribution < -0.4 is 10.2 Å². The standard InChI is InChI=1S/C19H18F2N2O2/c1-11-8-15(11)18(24)22-13-5-3-4-12(9-13)19(25)23(2)14-6-7-16(20)17(21)10-14/h3-7,9-11,15H,8H2,1-2H3,(H,22,24)/t11-,15-/m1/s1. The van der Waals surface area contributed by atoms with E-state index in [1.54, 1.807) is 24.3 Å². The normalized spacial score (nSPS) is 18.6. The number of rotatable bonds is 4. The van der Waals surface area contributed by atoms with Gasteiger partial charge in [-0.15, -0.1) is 0 Å². The van der Waals surface area contributed by atoms with Crippen molar-refractivity contribution in [3.05, 3.63) is 59.7 Å². The molecule has 2 aromatic rings. The molecule has 0 spiro atoms. The van der Waals surface area contributed by atoms with Gasteiger partial charge in [-0.2, -0.15) is 0 Å². The van der Waals surface area contributed by atoms with Crippen molar-refractivity contribution in [2.24, 2.45) is 11.8 Å². The van der Waals surface area contributed by atoms with Crippen molar-refractivity contribution in [1.82, 2.24) is 0 Å². The Morgan fingerprint density at radius 2 is 1.84 bits per heavy atom. The molecule has 4 nitrogen and oxygen atoms in total. The molecule has 2 amide bonds. The fourth-order valence-corrected chi connectivity index (χ4v) is 2.66. The molecule has 1 aliphatic rings. The molecule has 2 aromatic carbocycles. The summed E-state index contributed by atoms with van der Waals surface area (Å²) in [5.74, 6) is -2.00. The minimum absolute atomic E-state index is 0.0317. The Bertz CT molecular complexity index is 838. The molecule has 0 saturated heterocycles. The SMILES string of the molecule is C[C@@H]1C[C@H]1C(=O)Nc1cccc(C(=O)N(C)c2ccc(F)c(F)c2)c1. The van der Waals surface area contributed by atoms with Crippen molar-refractivity contribution in [2.75, 3.05) is 17.3 Å². The average Bonchev–Trinajstić information content (AvgIpc) is 3.33. The summed E-state index contributed by atoms with van der Waals surface area (Å²) in [4.78, 5) is 25.8. The lowest BCUT2D eigenvalue weighted by atomic mass is 10.1. The number of amides is 2. The molecule has 0 heterocycles. The zero-order valence-corrected chi connectivity index (χ0v) is 13.9. The maximum atomic E-state index is 13.4. The molecule has 2 atom stereocenters.